The van der Waals surface area contributed by atoms with E-state index in [9.17, 15) is 0 Å². The molecule has 0 fully saturated rings. The molecule has 0 aliphatic rings. The molecule has 2 unspecified atom stereocenters. The number of hydrogen-bond acceptors (Lipinski definition) is 3. The molecule has 0 amide bonds. The third-order valence-corrected chi connectivity index (χ3v) is 1.23. The van der Waals surface area contributed by atoms with Crippen molar-refractivity contribution in [2.45, 2.75) is 6.29 Å². The summed E-state index contributed by atoms with van der Waals surface area (Å²) < 4.78 is 0. The first-order chi connectivity index (χ1) is 4.22. The van der Waals surface area contributed by atoms with Crippen molar-refractivity contribution >= 4 is 9.24 Å². The molecule has 3 N–H and O–H groups in total. The van der Waals surface area contributed by atoms with Crippen LogP contribution in [0.5, 0.6) is 0 Å². The quantitative estimate of drug-likeness (QED) is 0.426. The van der Waals surface area contributed by atoms with Crippen LogP contribution < -0.4 is 11.1 Å². The molecular formula is C5H14N3P. The van der Waals surface area contributed by atoms with E-state index in [1.807, 2.05) is 31.0 Å². The lowest BCUT2D eigenvalue weighted by Crippen LogP contribution is -2.45. The molecule has 0 rings (SSSR count). The smallest absolute Gasteiger partial charge is 0.131 e. The first kappa shape index (κ1) is 8.89. The second-order valence-corrected chi connectivity index (χ2v) is 2.13. The van der Waals surface area contributed by atoms with Crippen molar-refractivity contribution in [3.63, 3.8) is 0 Å². The normalized spacial score (nSPS) is 14.2. The lowest BCUT2D eigenvalue weighted by atomic mass is 10.7. The minimum absolute atomic E-state index is 0.0956. The highest BCUT2D eigenvalue weighted by Gasteiger charge is 1.97. The fraction of sp³-hybridized carbons (Fsp3) is 0.600. The molecule has 2 atom stereocenters. The summed E-state index contributed by atoms with van der Waals surface area (Å²) >= 11 is 0. The fourth-order valence-electron chi connectivity index (χ4n) is 0.432. The molecule has 0 heterocycles. The molecule has 0 saturated heterocycles. The number of nitrogens with two attached hydrogens (primary N) is 1. The van der Waals surface area contributed by atoms with Crippen LogP contribution in [0.4, 0.5) is 0 Å². The minimum Gasteiger partial charge on any atom is -0.353 e. The highest BCUT2D eigenvalue weighted by molar-refractivity contribution is 7.20. The summed E-state index contributed by atoms with van der Waals surface area (Å²) in [5, 5.41) is 2.89. The van der Waals surface area contributed by atoms with Crippen molar-refractivity contribution < 1.29 is 0 Å². The van der Waals surface area contributed by atoms with Crippen molar-refractivity contribution in [1.29, 1.82) is 0 Å². The molecule has 0 saturated carbocycles. The first-order valence-corrected chi connectivity index (χ1v) is 3.42. The average molecular weight is 147 g/mol. The monoisotopic (exact) mass is 147 g/mol. The van der Waals surface area contributed by atoms with Crippen LogP contribution in [-0.2, 0) is 0 Å². The number of nitrogens with one attached hydrogen (secondary N) is 1. The van der Waals surface area contributed by atoms with Gasteiger partial charge in [-0.05, 0) is 7.05 Å². The molecule has 0 aliphatic carbocycles. The van der Waals surface area contributed by atoms with Gasteiger partial charge < -0.3 is 4.90 Å². The van der Waals surface area contributed by atoms with Gasteiger partial charge in [-0.25, -0.2) is 0 Å². The van der Waals surface area contributed by atoms with Gasteiger partial charge in [0.15, 0.2) is 0 Å². The molecule has 0 aromatic rings. The van der Waals surface area contributed by atoms with Gasteiger partial charge in [0.25, 0.3) is 0 Å². The molecule has 54 valence electrons. The molecule has 0 aliphatic heterocycles. The molecule has 4 heteroatoms. The average Bonchev–Trinajstić information content (AvgIpc) is 1.87. The minimum atomic E-state index is -0.0956. The summed E-state index contributed by atoms with van der Waals surface area (Å²) in [5.41, 5.74) is 5.56. The Kier molecular flexibility index (Phi) is 4.68. The Morgan fingerprint density at radius 2 is 2.33 bits per heavy atom. The third kappa shape index (κ3) is 3.46. The largest absolute Gasteiger partial charge is 0.353 e. The molecule has 3 nitrogen and oxygen atoms in total. The molecule has 0 radical (unpaired) electrons. The molecular weight excluding hydrogens is 133 g/mol. The maximum atomic E-state index is 5.56. The molecule has 0 spiro atoms. The third-order valence-electron chi connectivity index (χ3n) is 1.06. The lowest BCUT2D eigenvalue weighted by Gasteiger charge is -2.21. The van der Waals surface area contributed by atoms with Crippen LogP contribution in [0.1, 0.15) is 0 Å². The Hall–Kier alpha value is -0.110. The second-order valence-electron chi connectivity index (χ2n) is 1.74. The van der Waals surface area contributed by atoms with Gasteiger partial charge in [0.1, 0.15) is 6.29 Å². The van der Waals surface area contributed by atoms with Crippen LogP contribution in [0.25, 0.3) is 0 Å². The zero-order chi connectivity index (χ0) is 7.28. The van der Waals surface area contributed by atoms with Gasteiger partial charge in [0.2, 0.25) is 0 Å². The van der Waals surface area contributed by atoms with E-state index in [4.69, 9.17) is 5.73 Å². The lowest BCUT2D eigenvalue weighted by molar-refractivity contribution is 0.300. The fourth-order valence-corrected chi connectivity index (χ4v) is 0.704. The van der Waals surface area contributed by atoms with Gasteiger partial charge in [-0.3, -0.25) is 11.1 Å². The predicted octanol–water partition coefficient (Wildman–Crippen LogP) is -0.274. The van der Waals surface area contributed by atoms with Gasteiger partial charge in [0, 0.05) is 13.2 Å². The Balaban J connectivity index is 3.58. The maximum absolute atomic E-state index is 5.56. The standard InChI is InChI=1S/C5H14N3P/c1-7-5(6)8(2)3-4-9/h3-5,7H,6,9H2,1-2H3/b4-3-. The zero-order valence-electron chi connectivity index (χ0n) is 5.83. The van der Waals surface area contributed by atoms with E-state index in [1.165, 1.54) is 0 Å². The number of hydrogen-bond donors (Lipinski definition) is 2. The Bertz CT molecular complexity index is 94.2. The Morgan fingerprint density at radius 1 is 1.78 bits per heavy atom. The van der Waals surface area contributed by atoms with Crippen molar-refractivity contribution in [3.8, 4) is 0 Å². The van der Waals surface area contributed by atoms with Crippen molar-refractivity contribution in [2.24, 2.45) is 5.73 Å². The highest BCUT2D eigenvalue weighted by atomic mass is 31.0. The van der Waals surface area contributed by atoms with Crippen molar-refractivity contribution in [3.05, 3.63) is 12.0 Å². The van der Waals surface area contributed by atoms with Gasteiger partial charge in [-0.15, -0.1) is 9.24 Å². The van der Waals surface area contributed by atoms with E-state index in [2.05, 4.69) is 14.6 Å². The highest BCUT2D eigenvalue weighted by Crippen LogP contribution is 1.89. The van der Waals surface area contributed by atoms with Crippen molar-refractivity contribution in [1.82, 2.24) is 10.2 Å². The first-order valence-electron chi connectivity index (χ1n) is 2.75. The van der Waals surface area contributed by atoms with Gasteiger partial charge in [-0.2, -0.15) is 0 Å². The molecule has 0 bridgehead atoms. The van der Waals surface area contributed by atoms with Crippen LogP contribution >= 0.6 is 9.24 Å². The summed E-state index contributed by atoms with van der Waals surface area (Å²) in [5.74, 6) is 1.86. The second kappa shape index (κ2) is 4.74. The van der Waals surface area contributed by atoms with E-state index < -0.39 is 0 Å². The Morgan fingerprint density at radius 3 is 2.67 bits per heavy atom. The molecule has 9 heavy (non-hydrogen) atoms. The van der Waals surface area contributed by atoms with Crippen LogP contribution in [0, 0.1) is 0 Å². The van der Waals surface area contributed by atoms with E-state index in [0.717, 1.165) is 0 Å². The van der Waals surface area contributed by atoms with E-state index >= 15 is 0 Å². The zero-order valence-corrected chi connectivity index (χ0v) is 6.99. The van der Waals surface area contributed by atoms with Crippen molar-refractivity contribution in [2.75, 3.05) is 14.1 Å². The number of nitrogens with zero attached hydrogens (tertiary/aromatic N) is 1. The maximum Gasteiger partial charge on any atom is 0.131 e. The predicted molar refractivity (Wildman–Crippen MR) is 43.6 cm³/mol. The van der Waals surface area contributed by atoms with E-state index in [-0.39, 0.29) is 6.29 Å². The van der Waals surface area contributed by atoms with Crippen LogP contribution in [-0.4, -0.2) is 25.3 Å². The van der Waals surface area contributed by atoms with E-state index in [0.29, 0.717) is 0 Å². The Labute approximate surface area is 58.5 Å². The van der Waals surface area contributed by atoms with Gasteiger partial charge >= 0.3 is 0 Å². The molecule has 0 aromatic carbocycles. The summed E-state index contributed by atoms with van der Waals surface area (Å²) in [4.78, 5) is 1.87. The van der Waals surface area contributed by atoms with Crippen LogP contribution in [0.15, 0.2) is 12.0 Å². The summed E-state index contributed by atoms with van der Waals surface area (Å²) in [6.45, 7) is 0. The topological polar surface area (TPSA) is 41.3 Å². The number of rotatable bonds is 3. The van der Waals surface area contributed by atoms with E-state index in [1.54, 1.807) is 0 Å². The summed E-state index contributed by atoms with van der Waals surface area (Å²) in [6, 6.07) is 0. The van der Waals surface area contributed by atoms with Gasteiger partial charge in [-0.1, -0.05) is 5.82 Å². The molecule has 0 aromatic heterocycles. The van der Waals surface area contributed by atoms with Gasteiger partial charge in [0.05, 0.1) is 0 Å². The SMILES string of the molecule is CNC(N)N(C)/C=C\P. The summed E-state index contributed by atoms with van der Waals surface area (Å²) in [6.07, 6.45) is 1.79. The van der Waals surface area contributed by atoms with Crippen LogP contribution in [0.2, 0.25) is 0 Å². The van der Waals surface area contributed by atoms with Crippen LogP contribution in [0.3, 0.4) is 0 Å². The summed E-state index contributed by atoms with van der Waals surface area (Å²) in [7, 11) is 6.21.